The van der Waals surface area contributed by atoms with E-state index in [1.807, 2.05) is 65.1 Å². The summed E-state index contributed by atoms with van der Waals surface area (Å²) in [7, 11) is 8.16. The average molecular weight is 509 g/mol. The first kappa shape index (κ1) is 24.1. The Labute approximate surface area is 223 Å². The minimum Gasteiger partial charge on any atom is -0.325 e. The molecule has 0 radical (unpaired) electrons. The van der Waals surface area contributed by atoms with Crippen LogP contribution < -0.4 is 30.2 Å². The summed E-state index contributed by atoms with van der Waals surface area (Å²) in [6.07, 6.45) is 7.55. The second kappa shape index (κ2) is 9.88. The molecular weight excluding hydrogens is 476 g/mol. The molecule has 2 aliphatic rings. The second-order valence-corrected chi connectivity index (χ2v) is 9.65. The van der Waals surface area contributed by atoms with Gasteiger partial charge in [0.1, 0.15) is 0 Å². The molecule has 6 heterocycles. The summed E-state index contributed by atoms with van der Waals surface area (Å²) < 4.78 is 0. The van der Waals surface area contributed by atoms with E-state index >= 15 is 0 Å². The van der Waals surface area contributed by atoms with Crippen molar-refractivity contribution in [3.05, 3.63) is 72.3 Å². The fourth-order valence-corrected chi connectivity index (χ4v) is 5.10. The van der Waals surface area contributed by atoms with Crippen LogP contribution in [0.3, 0.4) is 0 Å². The van der Waals surface area contributed by atoms with Crippen molar-refractivity contribution in [2.75, 3.05) is 60.9 Å². The van der Waals surface area contributed by atoms with Crippen LogP contribution in [0.1, 0.15) is 11.1 Å². The van der Waals surface area contributed by atoms with Crippen molar-refractivity contribution in [3.8, 4) is 0 Å². The van der Waals surface area contributed by atoms with Gasteiger partial charge in [0.05, 0.1) is 22.7 Å². The summed E-state index contributed by atoms with van der Waals surface area (Å²) in [4.78, 5) is 27.0. The summed E-state index contributed by atoms with van der Waals surface area (Å²) in [5.41, 5.74) is 6.52. The van der Waals surface area contributed by atoms with Gasteiger partial charge >= 0.3 is 0 Å². The Balaban J connectivity index is 1.02. The zero-order valence-corrected chi connectivity index (χ0v) is 22.2. The van der Waals surface area contributed by atoms with Gasteiger partial charge in [0.15, 0.2) is 23.3 Å². The Bertz CT molecular complexity index is 1360. The van der Waals surface area contributed by atoms with Gasteiger partial charge in [-0.2, -0.15) is 0 Å². The predicted octanol–water partition coefficient (Wildman–Crippen LogP) is 3.84. The van der Waals surface area contributed by atoms with Gasteiger partial charge < -0.3 is 30.2 Å². The second-order valence-electron chi connectivity index (χ2n) is 9.65. The molecule has 2 N–H and O–H groups in total. The largest absolute Gasteiger partial charge is 0.325 e. The number of nitrogens with one attached hydrogen (secondary N) is 2. The first-order valence-electron chi connectivity index (χ1n) is 12.8. The molecule has 0 spiro atoms. The van der Waals surface area contributed by atoms with Crippen molar-refractivity contribution >= 4 is 46.0 Å². The van der Waals surface area contributed by atoms with E-state index in [-0.39, 0.29) is 0 Å². The van der Waals surface area contributed by atoms with Gasteiger partial charge in [-0.1, -0.05) is 0 Å². The van der Waals surface area contributed by atoms with Gasteiger partial charge in [0.25, 0.3) is 0 Å². The van der Waals surface area contributed by atoms with E-state index in [1.165, 1.54) is 0 Å². The number of hydrogen-bond donors (Lipinski definition) is 2. The van der Waals surface area contributed by atoms with Crippen molar-refractivity contribution in [2.24, 2.45) is 0 Å². The number of anilines is 8. The van der Waals surface area contributed by atoms with Crippen LogP contribution in [0.25, 0.3) is 0 Å². The smallest absolute Gasteiger partial charge is 0.156 e. The zero-order chi connectivity index (χ0) is 26.2. The fourth-order valence-electron chi connectivity index (χ4n) is 5.10. The maximum atomic E-state index is 4.75. The number of rotatable bonds is 7. The molecule has 0 amide bonds. The molecule has 6 rings (SSSR count). The summed E-state index contributed by atoms with van der Waals surface area (Å²) in [5, 5.41) is 7.05. The third-order valence-corrected chi connectivity index (χ3v) is 7.19. The molecule has 4 aromatic rings. The van der Waals surface area contributed by atoms with E-state index in [4.69, 9.17) is 9.97 Å². The molecule has 0 saturated carbocycles. The fraction of sp³-hybridized carbons (Fsp3) is 0.286. The summed E-state index contributed by atoms with van der Waals surface area (Å²) >= 11 is 0. The Kier molecular flexibility index (Phi) is 6.26. The molecule has 0 fully saturated rings. The lowest BCUT2D eigenvalue weighted by atomic mass is 10.1. The SMILES string of the molecule is CN1c2cccnc2N(C)c2cc(CNCCNCc3cnc4c(c3)N(C)c3ncccc3N4C)cnc21. The minimum absolute atomic E-state index is 0.749. The normalized spacial score (nSPS) is 13.7. The molecule has 0 aromatic carbocycles. The zero-order valence-electron chi connectivity index (χ0n) is 22.2. The van der Waals surface area contributed by atoms with Gasteiger partial charge in [0.2, 0.25) is 0 Å². The van der Waals surface area contributed by atoms with Crippen LogP contribution in [0.4, 0.5) is 46.0 Å². The van der Waals surface area contributed by atoms with Gasteiger partial charge in [0, 0.05) is 79.2 Å². The summed E-state index contributed by atoms with van der Waals surface area (Å²) in [6.45, 7) is 3.18. The number of fused-ring (bicyclic) bond motifs is 4. The van der Waals surface area contributed by atoms with Crippen LogP contribution in [0.2, 0.25) is 0 Å². The van der Waals surface area contributed by atoms with Crippen molar-refractivity contribution in [2.45, 2.75) is 13.1 Å². The molecule has 2 aliphatic heterocycles. The van der Waals surface area contributed by atoms with Crippen LogP contribution in [-0.2, 0) is 13.1 Å². The van der Waals surface area contributed by atoms with E-state index in [9.17, 15) is 0 Å². The van der Waals surface area contributed by atoms with E-state index in [0.29, 0.717) is 0 Å². The van der Waals surface area contributed by atoms with Crippen LogP contribution in [0.15, 0.2) is 61.2 Å². The highest BCUT2D eigenvalue weighted by Crippen LogP contribution is 2.45. The molecule has 4 aromatic heterocycles. The maximum absolute atomic E-state index is 4.75. The number of hydrogen-bond acceptors (Lipinski definition) is 10. The lowest BCUT2D eigenvalue weighted by Gasteiger charge is -2.34. The van der Waals surface area contributed by atoms with Crippen molar-refractivity contribution in [1.82, 2.24) is 30.6 Å². The Morgan fingerprint density at radius 2 is 0.947 bits per heavy atom. The van der Waals surface area contributed by atoms with Crippen LogP contribution >= 0.6 is 0 Å². The highest BCUT2D eigenvalue weighted by atomic mass is 15.3. The quantitative estimate of drug-likeness (QED) is 0.359. The molecule has 0 atom stereocenters. The van der Waals surface area contributed by atoms with Crippen LogP contribution in [0, 0.1) is 0 Å². The molecule has 10 nitrogen and oxygen atoms in total. The van der Waals surface area contributed by atoms with Crippen LogP contribution in [-0.4, -0.2) is 61.2 Å². The predicted molar refractivity (Wildman–Crippen MR) is 153 cm³/mol. The molecule has 0 unspecified atom stereocenters. The van der Waals surface area contributed by atoms with Crippen molar-refractivity contribution in [3.63, 3.8) is 0 Å². The van der Waals surface area contributed by atoms with E-state index in [2.05, 4.69) is 64.5 Å². The molecule has 0 saturated heterocycles. The number of pyridine rings is 4. The van der Waals surface area contributed by atoms with Crippen molar-refractivity contribution in [1.29, 1.82) is 0 Å². The van der Waals surface area contributed by atoms with E-state index in [0.717, 1.165) is 83.3 Å². The molecule has 10 heteroatoms. The van der Waals surface area contributed by atoms with Gasteiger partial charge in [-0.05, 0) is 47.5 Å². The first-order valence-corrected chi connectivity index (χ1v) is 12.8. The summed E-state index contributed by atoms with van der Waals surface area (Å²) in [5.74, 6) is 3.75. The number of aromatic nitrogens is 4. The Hall–Kier alpha value is -4.28. The standard InChI is InChI=1S/C28H32N10/c1-35-21-7-5-9-31-25(21)37(3)23-13-19(17-33-27(23)35)15-29-11-12-30-16-20-14-24-28(34-18-20)36(2)22-8-6-10-32-26(22)38(24)4/h5-10,13-14,17-18,29-30H,11-12,15-16H2,1-4H3. The Morgan fingerprint density at radius 1 is 0.553 bits per heavy atom. The van der Waals surface area contributed by atoms with E-state index < -0.39 is 0 Å². The molecule has 38 heavy (non-hydrogen) atoms. The Morgan fingerprint density at radius 3 is 1.39 bits per heavy atom. The topological polar surface area (TPSA) is 88.6 Å². The van der Waals surface area contributed by atoms with Crippen molar-refractivity contribution < 1.29 is 0 Å². The average Bonchev–Trinajstić information content (AvgIpc) is 2.96. The van der Waals surface area contributed by atoms with E-state index in [1.54, 1.807) is 0 Å². The highest BCUT2D eigenvalue weighted by molar-refractivity contribution is 5.90. The lowest BCUT2D eigenvalue weighted by Crippen LogP contribution is -2.28. The molecular formula is C28H32N10. The first-order chi connectivity index (χ1) is 18.5. The number of nitrogens with zero attached hydrogens (tertiary/aromatic N) is 8. The minimum atomic E-state index is 0.749. The van der Waals surface area contributed by atoms with Crippen LogP contribution in [0.5, 0.6) is 0 Å². The monoisotopic (exact) mass is 508 g/mol. The maximum Gasteiger partial charge on any atom is 0.156 e. The molecule has 0 aliphatic carbocycles. The van der Waals surface area contributed by atoms with Gasteiger partial charge in [-0.15, -0.1) is 0 Å². The lowest BCUT2D eigenvalue weighted by molar-refractivity contribution is 0.610. The van der Waals surface area contributed by atoms with Gasteiger partial charge in [-0.25, -0.2) is 19.9 Å². The highest BCUT2D eigenvalue weighted by Gasteiger charge is 2.27. The third kappa shape index (κ3) is 4.17. The summed E-state index contributed by atoms with van der Waals surface area (Å²) in [6, 6.07) is 12.4. The molecule has 0 bridgehead atoms. The van der Waals surface area contributed by atoms with Gasteiger partial charge in [-0.3, -0.25) is 0 Å². The third-order valence-electron chi connectivity index (χ3n) is 7.19. The molecule has 194 valence electrons.